The summed E-state index contributed by atoms with van der Waals surface area (Å²) in [7, 11) is 2.12. The summed E-state index contributed by atoms with van der Waals surface area (Å²) in [6, 6.07) is 4.69. The maximum absolute atomic E-state index is 4.52. The van der Waals surface area contributed by atoms with Gasteiger partial charge < -0.3 is 10.2 Å². The fourth-order valence-corrected chi connectivity index (χ4v) is 1.91. The van der Waals surface area contributed by atoms with Crippen molar-refractivity contribution in [2.24, 2.45) is 5.41 Å². The molecule has 0 aliphatic carbocycles. The Labute approximate surface area is 124 Å². The number of pyridine rings is 1. The molecule has 0 spiro atoms. The van der Waals surface area contributed by atoms with Crippen molar-refractivity contribution in [3.05, 3.63) is 23.9 Å². The minimum atomic E-state index is 0.133. The second-order valence-corrected chi connectivity index (χ2v) is 7.78. The highest BCUT2D eigenvalue weighted by atomic mass is 15.2. The quantitative estimate of drug-likeness (QED) is 0.906. The largest absolute Gasteiger partial charge is 0.356 e. The van der Waals surface area contributed by atoms with Crippen LogP contribution >= 0.6 is 0 Å². The molecular formula is C17H31N3. The molecule has 114 valence electrons. The van der Waals surface area contributed by atoms with Gasteiger partial charge in [0.1, 0.15) is 5.82 Å². The van der Waals surface area contributed by atoms with Crippen LogP contribution in [0.1, 0.15) is 54.0 Å². The average Bonchev–Trinajstić information content (AvgIpc) is 2.33. The van der Waals surface area contributed by atoms with E-state index in [4.69, 9.17) is 0 Å². The van der Waals surface area contributed by atoms with Crippen molar-refractivity contribution in [2.45, 2.75) is 66.6 Å². The van der Waals surface area contributed by atoms with E-state index in [2.05, 4.69) is 82.8 Å². The minimum absolute atomic E-state index is 0.133. The smallest absolute Gasteiger partial charge is 0.128 e. The van der Waals surface area contributed by atoms with Gasteiger partial charge in [-0.25, -0.2) is 4.98 Å². The first kappa shape index (κ1) is 17.0. The molecule has 1 N–H and O–H groups in total. The number of rotatable bonds is 4. The Morgan fingerprint density at radius 3 is 2.30 bits per heavy atom. The average molecular weight is 277 g/mol. The van der Waals surface area contributed by atoms with Crippen molar-refractivity contribution in [2.75, 3.05) is 11.9 Å². The summed E-state index contributed by atoms with van der Waals surface area (Å²) in [5.74, 6) is 1.04. The van der Waals surface area contributed by atoms with Crippen LogP contribution in [0.25, 0.3) is 0 Å². The summed E-state index contributed by atoms with van der Waals surface area (Å²) in [6.07, 6.45) is 1.90. The van der Waals surface area contributed by atoms with Crippen molar-refractivity contribution >= 4 is 5.82 Å². The Bertz CT molecular complexity index is 427. The van der Waals surface area contributed by atoms with Crippen molar-refractivity contribution in [1.82, 2.24) is 10.3 Å². The molecule has 0 saturated heterocycles. The van der Waals surface area contributed by atoms with Gasteiger partial charge >= 0.3 is 0 Å². The van der Waals surface area contributed by atoms with Crippen molar-refractivity contribution in [1.29, 1.82) is 0 Å². The summed E-state index contributed by atoms with van der Waals surface area (Å²) in [5.41, 5.74) is 1.64. The van der Waals surface area contributed by atoms with Crippen LogP contribution in [0.15, 0.2) is 18.3 Å². The van der Waals surface area contributed by atoms with Crippen molar-refractivity contribution in [3.63, 3.8) is 0 Å². The van der Waals surface area contributed by atoms with Crippen molar-refractivity contribution < 1.29 is 0 Å². The highest BCUT2D eigenvalue weighted by Gasteiger charge is 2.24. The van der Waals surface area contributed by atoms with Gasteiger partial charge in [0, 0.05) is 31.4 Å². The van der Waals surface area contributed by atoms with Gasteiger partial charge in [0.05, 0.1) is 0 Å². The third-order valence-corrected chi connectivity index (χ3v) is 3.83. The molecule has 1 aromatic heterocycles. The lowest BCUT2D eigenvalue weighted by Gasteiger charge is -2.36. The van der Waals surface area contributed by atoms with Crippen LogP contribution < -0.4 is 10.2 Å². The third-order valence-electron chi connectivity index (χ3n) is 3.83. The van der Waals surface area contributed by atoms with Crippen LogP contribution in [0, 0.1) is 5.41 Å². The Kier molecular flexibility index (Phi) is 5.20. The molecule has 3 nitrogen and oxygen atoms in total. The Balaban J connectivity index is 2.82. The van der Waals surface area contributed by atoms with Gasteiger partial charge in [0.25, 0.3) is 0 Å². The molecule has 0 bridgehead atoms. The number of hydrogen-bond donors (Lipinski definition) is 1. The summed E-state index contributed by atoms with van der Waals surface area (Å²) >= 11 is 0. The standard InChI is InChI=1S/C17H31N3/c1-13(16(2,3)4)20(8)15-11-14(9-10-18-15)12-19-17(5,6)7/h9-11,13,19H,12H2,1-8H3. The van der Waals surface area contributed by atoms with E-state index in [1.54, 1.807) is 0 Å². The lowest BCUT2D eigenvalue weighted by atomic mass is 9.87. The highest BCUT2D eigenvalue weighted by Crippen LogP contribution is 2.26. The van der Waals surface area contributed by atoms with E-state index in [1.807, 2.05) is 6.20 Å². The van der Waals surface area contributed by atoms with Gasteiger partial charge in [-0.05, 0) is 50.8 Å². The Morgan fingerprint density at radius 1 is 1.20 bits per heavy atom. The molecule has 3 heteroatoms. The number of hydrogen-bond acceptors (Lipinski definition) is 3. The van der Waals surface area contributed by atoms with E-state index < -0.39 is 0 Å². The van der Waals surface area contributed by atoms with E-state index in [1.165, 1.54) is 5.56 Å². The van der Waals surface area contributed by atoms with Gasteiger partial charge in [-0.1, -0.05) is 20.8 Å². The van der Waals surface area contributed by atoms with Crippen LogP contribution in [0.2, 0.25) is 0 Å². The molecule has 0 aromatic carbocycles. The maximum Gasteiger partial charge on any atom is 0.128 e. The Hall–Kier alpha value is -1.09. The molecule has 0 amide bonds. The van der Waals surface area contributed by atoms with Crippen LogP contribution in [0.5, 0.6) is 0 Å². The molecule has 0 radical (unpaired) electrons. The monoisotopic (exact) mass is 277 g/mol. The number of nitrogens with zero attached hydrogens (tertiary/aromatic N) is 2. The highest BCUT2D eigenvalue weighted by molar-refractivity contribution is 5.41. The second kappa shape index (κ2) is 6.13. The molecule has 1 rings (SSSR count). The number of anilines is 1. The summed E-state index contributed by atoms with van der Waals surface area (Å²) in [5, 5.41) is 3.52. The zero-order valence-corrected chi connectivity index (χ0v) is 14.4. The first-order valence-electron chi connectivity index (χ1n) is 7.43. The SMILES string of the molecule is CC(N(C)c1cc(CNC(C)(C)C)ccn1)C(C)(C)C. The fourth-order valence-electron chi connectivity index (χ4n) is 1.91. The lowest BCUT2D eigenvalue weighted by molar-refractivity contribution is 0.328. The molecule has 0 aliphatic rings. The molecule has 1 unspecified atom stereocenters. The van der Waals surface area contributed by atoms with Gasteiger partial charge in [0.15, 0.2) is 0 Å². The predicted octanol–water partition coefficient (Wildman–Crippen LogP) is 3.84. The lowest BCUT2D eigenvalue weighted by Crippen LogP contribution is -2.40. The molecular weight excluding hydrogens is 246 g/mol. The van der Waals surface area contributed by atoms with E-state index in [0.29, 0.717) is 6.04 Å². The molecule has 1 aromatic rings. The summed E-state index contributed by atoms with van der Waals surface area (Å²) in [4.78, 5) is 6.78. The first-order chi connectivity index (χ1) is 9.00. The zero-order valence-electron chi connectivity index (χ0n) is 14.4. The molecule has 20 heavy (non-hydrogen) atoms. The van der Waals surface area contributed by atoms with Gasteiger partial charge in [-0.15, -0.1) is 0 Å². The minimum Gasteiger partial charge on any atom is -0.356 e. The zero-order chi connectivity index (χ0) is 15.6. The summed E-state index contributed by atoms with van der Waals surface area (Å²) < 4.78 is 0. The third kappa shape index (κ3) is 5.12. The van der Waals surface area contributed by atoms with Gasteiger partial charge in [-0.2, -0.15) is 0 Å². The second-order valence-electron chi connectivity index (χ2n) is 7.78. The van der Waals surface area contributed by atoms with Crippen molar-refractivity contribution in [3.8, 4) is 0 Å². The van der Waals surface area contributed by atoms with E-state index in [0.717, 1.165) is 12.4 Å². The maximum atomic E-state index is 4.52. The predicted molar refractivity (Wildman–Crippen MR) is 88.1 cm³/mol. The first-order valence-corrected chi connectivity index (χ1v) is 7.43. The van der Waals surface area contributed by atoms with E-state index in [9.17, 15) is 0 Å². The van der Waals surface area contributed by atoms with Gasteiger partial charge in [0.2, 0.25) is 0 Å². The van der Waals surface area contributed by atoms with Gasteiger partial charge in [-0.3, -0.25) is 0 Å². The molecule has 1 heterocycles. The van der Waals surface area contributed by atoms with E-state index in [-0.39, 0.29) is 11.0 Å². The van der Waals surface area contributed by atoms with Crippen LogP contribution in [-0.4, -0.2) is 23.6 Å². The molecule has 0 fully saturated rings. The topological polar surface area (TPSA) is 28.2 Å². The normalized spacial score (nSPS) is 14.2. The summed E-state index contributed by atoms with van der Waals surface area (Å²) in [6.45, 7) is 16.5. The fraction of sp³-hybridized carbons (Fsp3) is 0.706. The van der Waals surface area contributed by atoms with E-state index >= 15 is 0 Å². The molecule has 0 saturated carbocycles. The van der Waals surface area contributed by atoms with Crippen LogP contribution in [-0.2, 0) is 6.54 Å². The number of aromatic nitrogens is 1. The molecule has 1 atom stereocenters. The number of nitrogens with one attached hydrogen (secondary N) is 1. The Morgan fingerprint density at radius 2 is 1.80 bits per heavy atom. The van der Waals surface area contributed by atoms with Crippen LogP contribution in [0.3, 0.4) is 0 Å². The molecule has 0 aliphatic heterocycles. The van der Waals surface area contributed by atoms with Crippen LogP contribution in [0.4, 0.5) is 5.82 Å².